The maximum absolute atomic E-state index is 12.3. The Morgan fingerprint density at radius 1 is 1.38 bits per heavy atom. The summed E-state index contributed by atoms with van der Waals surface area (Å²) in [6, 6.07) is 0.437. The molecular weight excluding hydrogens is 290 g/mol. The van der Waals surface area contributed by atoms with Gasteiger partial charge in [0.15, 0.2) is 5.13 Å². The fourth-order valence-corrected chi connectivity index (χ4v) is 2.82. The van der Waals surface area contributed by atoms with Gasteiger partial charge in [-0.1, -0.05) is 11.3 Å². The van der Waals surface area contributed by atoms with Crippen molar-refractivity contribution in [3.63, 3.8) is 0 Å². The van der Waals surface area contributed by atoms with Gasteiger partial charge in [0.1, 0.15) is 10.7 Å². The molecule has 0 atom stereocenters. The summed E-state index contributed by atoms with van der Waals surface area (Å²) in [6.45, 7) is 0.0224. The van der Waals surface area contributed by atoms with Crippen LogP contribution in [0.5, 0.6) is 0 Å². The molecule has 1 aliphatic carbocycles. The molecule has 0 aliphatic heterocycles. The molecule has 21 heavy (non-hydrogen) atoms. The summed E-state index contributed by atoms with van der Waals surface area (Å²) in [5, 5.41) is 3.95. The lowest BCUT2D eigenvalue weighted by atomic mass is 9.93. The predicted molar refractivity (Wildman–Crippen MR) is 83.4 cm³/mol. The van der Waals surface area contributed by atoms with Gasteiger partial charge in [-0.15, -0.1) is 0 Å². The number of nitrogen functional groups attached to an aromatic ring is 1. The lowest BCUT2D eigenvalue weighted by Crippen LogP contribution is -2.37. The van der Waals surface area contributed by atoms with Crippen LogP contribution in [0, 0.1) is 0 Å². The number of hydrogen-bond donors (Lipinski definition) is 2. The molecule has 116 valence electrons. The quantitative estimate of drug-likeness (QED) is 0.841. The first-order valence-corrected chi connectivity index (χ1v) is 7.68. The highest BCUT2D eigenvalue weighted by Crippen LogP contribution is 2.30. The van der Waals surface area contributed by atoms with Gasteiger partial charge in [0.25, 0.3) is 5.91 Å². The Labute approximate surface area is 128 Å². The van der Waals surface area contributed by atoms with Crippen molar-refractivity contribution in [3.05, 3.63) is 4.88 Å². The Bertz CT molecular complexity index is 539. The third kappa shape index (κ3) is 3.63. The topological polar surface area (TPSA) is 91.6 Å². The molecule has 8 heteroatoms. The number of carbonyl (C=O) groups is 2. The molecule has 2 rings (SSSR count). The molecule has 1 aromatic rings. The highest BCUT2D eigenvalue weighted by atomic mass is 32.1. The van der Waals surface area contributed by atoms with E-state index in [1.807, 2.05) is 0 Å². The molecule has 0 bridgehead atoms. The minimum absolute atomic E-state index is 0.0224. The maximum atomic E-state index is 12.3. The normalized spacial score (nSPS) is 14.4. The van der Waals surface area contributed by atoms with Crippen molar-refractivity contribution in [1.82, 2.24) is 14.8 Å². The number of hydrogen-bond acceptors (Lipinski definition) is 6. The number of likely N-dealkylation sites (N-methyl/N-ethyl adjacent to an activating group) is 2. The Balaban J connectivity index is 2.02. The first-order valence-electron chi connectivity index (χ1n) is 6.87. The fraction of sp³-hybridized carbons (Fsp3) is 0.615. The number of carbonyl (C=O) groups excluding carboxylic acids is 2. The van der Waals surface area contributed by atoms with Crippen LogP contribution in [0.2, 0.25) is 0 Å². The molecule has 0 spiro atoms. The highest BCUT2D eigenvalue weighted by Gasteiger charge is 2.24. The standard InChI is InChI=1S/C13H21N5O2S/c1-17(2)9(19)7-18(3)12(20)10-11(14)16-13(21-10)15-8-5-4-6-8/h8H,4-7,14H2,1-3H3,(H,15,16). The Morgan fingerprint density at radius 2 is 2.05 bits per heavy atom. The van der Waals surface area contributed by atoms with Crippen LogP contribution in [0.4, 0.5) is 10.9 Å². The van der Waals surface area contributed by atoms with Crippen molar-refractivity contribution in [2.45, 2.75) is 25.3 Å². The van der Waals surface area contributed by atoms with E-state index in [-0.39, 0.29) is 24.2 Å². The number of nitrogens with zero attached hydrogens (tertiary/aromatic N) is 3. The Hall–Kier alpha value is -1.83. The molecule has 1 aromatic heterocycles. The molecule has 1 fully saturated rings. The summed E-state index contributed by atoms with van der Waals surface area (Å²) in [5.41, 5.74) is 5.82. The average Bonchev–Trinajstić information content (AvgIpc) is 2.73. The van der Waals surface area contributed by atoms with Gasteiger partial charge in [-0.05, 0) is 19.3 Å². The molecule has 0 aromatic carbocycles. The van der Waals surface area contributed by atoms with Crippen LogP contribution in [0.15, 0.2) is 0 Å². The van der Waals surface area contributed by atoms with Gasteiger partial charge in [-0.3, -0.25) is 9.59 Å². The van der Waals surface area contributed by atoms with E-state index >= 15 is 0 Å². The summed E-state index contributed by atoms with van der Waals surface area (Å²) >= 11 is 1.25. The van der Waals surface area contributed by atoms with Gasteiger partial charge in [0.2, 0.25) is 5.91 Å². The van der Waals surface area contributed by atoms with Crippen LogP contribution in [0.3, 0.4) is 0 Å². The van der Waals surface area contributed by atoms with E-state index in [2.05, 4.69) is 10.3 Å². The van der Waals surface area contributed by atoms with Gasteiger partial charge in [-0.2, -0.15) is 0 Å². The number of thiazole rings is 1. The van der Waals surface area contributed by atoms with Crippen molar-refractivity contribution in [1.29, 1.82) is 0 Å². The summed E-state index contributed by atoms with van der Waals surface area (Å²) in [6.07, 6.45) is 3.47. The summed E-state index contributed by atoms with van der Waals surface area (Å²) in [7, 11) is 4.90. The fourth-order valence-electron chi connectivity index (χ4n) is 1.86. The Kier molecular flexibility index (Phi) is 4.66. The summed E-state index contributed by atoms with van der Waals surface area (Å²) < 4.78 is 0. The monoisotopic (exact) mass is 311 g/mol. The van der Waals surface area contributed by atoms with Crippen LogP contribution in [-0.4, -0.2) is 60.3 Å². The first kappa shape index (κ1) is 15.6. The zero-order valence-electron chi connectivity index (χ0n) is 12.5. The van der Waals surface area contributed by atoms with Gasteiger partial charge in [-0.25, -0.2) is 4.98 Å². The molecule has 7 nitrogen and oxygen atoms in total. The smallest absolute Gasteiger partial charge is 0.268 e. The second-order valence-electron chi connectivity index (χ2n) is 5.45. The lowest BCUT2D eigenvalue weighted by Gasteiger charge is -2.25. The molecule has 0 saturated heterocycles. The maximum Gasteiger partial charge on any atom is 0.268 e. The van der Waals surface area contributed by atoms with Gasteiger partial charge < -0.3 is 20.9 Å². The van der Waals surface area contributed by atoms with E-state index in [0.29, 0.717) is 16.1 Å². The minimum atomic E-state index is -0.276. The van der Waals surface area contributed by atoms with E-state index in [1.165, 1.54) is 27.6 Å². The molecular formula is C13H21N5O2S. The van der Waals surface area contributed by atoms with E-state index in [0.717, 1.165) is 12.8 Å². The van der Waals surface area contributed by atoms with E-state index in [4.69, 9.17) is 5.73 Å². The molecule has 1 saturated carbocycles. The molecule has 1 heterocycles. The van der Waals surface area contributed by atoms with Gasteiger partial charge in [0, 0.05) is 27.2 Å². The van der Waals surface area contributed by atoms with Crippen molar-refractivity contribution < 1.29 is 9.59 Å². The summed E-state index contributed by atoms with van der Waals surface area (Å²) in [4.78, 5) is 31.4. The number of amides is 2. The number of nitrogens with one attached hydrogen (secondary N) is 1. The molecule has 3 N–H and O–H groups in total. The van der Waals surface area contributed by atoms with Crippen molar-refractivity contribution in [2.24, 2.45) is 0 Å². The second-order valence-corrected chi connectivity index (χ2v) is 6.45. The SMILES string of the molecule is CN(C)C(=O)CN(C)C(=O)c1sc(NC2CCC2)nc1N. The number of nitrogens with two attached hydrogens (primary N) is 1. The van der Waals surface area contributed by atoms with Crippen molar-refractivity contribution in [2.75, 3.05) is 38.7 Å². The third-order valence-corrected chi connectivity index (χ3v) is 4.49. The second kappa shape index (κ2) is 6.30. The minimum Gasteiger partial charge on any atom is -0.382 e. The van der Waals surface area contributed by atoms with Crippen LogP contribution in [0.25, 0.3) is 0 Å². The molecule has 2 amide bonds. The van der Waals surface area contributed by atoms with Crippen molar-refractivity contribution in [3.8, 4) is 0 Å². The highest BCUT2D eigenvalue weighted by molar-refractivity contribution is 7.18. The average molecular weight is 311 g/mol. The Morgan fingerprint density at radius 3 is 2.57 bits per heavy atom. The molecule has 0 radical (unpaired) electrons. The lowest BCUT2D eigenvalue weighted by molar-refractivity contribution is -0.129. The van der Waals surface area contributed by atoms with Crippen LogP contribution < -0.4 is 11.1 Å². The predicted octanol–water partition coefficient (Wildman–Crippen LogP) is 0.850. The van der Waals surface area contributed by atoms with Crippen LogP contribution in [-0.2, 0) is 4.79 Å². The first-order chi connectivity index (χ1) is 9.88. The van der Waals surface area contributed by atoms with E-state index < -0.39 is 0 Å². The van der Waals surface area contributed by atoms with Crippen LogP contribution in [0.1, 0.15) is 28.9 Å². The van der Waals surface area contributed by atoms with Gasteiger partial charge >= 0.3 is 0 Å². The zero-order valence-corrected chi connectivity index (χ0v) is 13.4. The van der Waals surface area contributed by atoms with E-state index in [9.17, 15) is 9.59 Å². The molecule has 1 aliphatic rings. The molecule has 0 unspecified atom stereocenters. The zero-order chi connectivity index (χ0) is 15.6. The number of anilines is 2. The van der Waals surface area contributed by atoms with E-state index in [1.54, 1.807) is 21.1 Å². The number of rotatable bonds is 5. The largest absolute Gasteiger partial charge is 0.382 e. The van der Waals surface area contributed by atoms with Crippen LogP contribution >= 0.6 is 11.3 Å². The number of aromatic nitrogens is 1. The third-order valence-electron chi connectivity index (χ3n) is 3.50. The van der Waals surface area contributed by atoms with Crippen molar-refractivity contribution >= 4 is 34.1 Å². The van der Waals surface area contributed by atoms with Gasteiger partial charge in [0.05, 0.1) is 6.54 Å². The summed E-state index contributed by atoms with van der Waals surface area (Å²) in [5.74, 6) is -0.195.